The lowest BCUT2D eigenvalue weighted by atomic mass is 10.2. The Balaban J connectivity index is 3.13. The Morgan fingerprint density at radius 1 is 1.17 bits per heavy atom. The van der Waals surface area contributed by atoms with Gasteiger partial charge in [-0.3, -0.25) is 0 Å². The summed E-state index contributed by atoms with van der Waals surface area (Å²) in [6.45, 7) is 2.32. The van der Waals surface area contributed by atoms with Crippen LogP contribution in [0.3, 0.4) is 0 Å². The number of hydrogen-bond acceptors (Lipinski definition) is 5. The molecule has 0 heterocycles. The van der Waals surface area contributed by atoms with Gasteiger partial charge in [0.15, 0.2) is 5.57 Å². The molecule has 5 heteroatoms. The maximum Gasteiger partial charge on any atom is 0.163 e. The predicted octanol–water partition coefficient (Wildman–Crippen LogP) is 2.32. The molecule has 5 nitrogen and oxygen atoms in total. The van der Waals surface area contributed by atoms with Gasteiger partial charge < -0.3 is 10.1 Å². The summed E-state index contributed by atoms with van der Waals surface area (Å²) in [6, 6.07) is 12.1. The minimum atomic E-state index is -0.260. The summed E-state index contributed by atoms with van der Waals surface area (Å²) in [7, 11) is 0. The van der Waals surface area contributed by atoms with E-state index in [1.165, 1.54) is 0 Å². The van der Waals surface area contributed by atoms with Crippen LogP contribution in [0.2, 0.25) is 0 Å². The fraction of sp³-hybridized carbons (Fsp3) is 0.154. The molecule has 18 heavy (non-hydrogen) atoms. The fourth-order valence-electron chi connectivity index (χ4n) is 1.27. The molecule has 0 unspecified atom stereocenters. The van der Waals surface area contributed by atoms with Crippen LogP contribution in [0, 0.1) is 34.0 Å². The van der Waals surface area contributed by atoms with Gasteiger partial charge in [-0.25, -0.2) is 0 Å². The molecule has 0 aliphatic carbocycles. The molecular weight excluding hydrogens is 228 g/mol. The number of para-hydroxylation sites is 2. The highest BCUT2D eigenvalue weighted by Gasteiger charge is 2.09. The van der Waals surface area contributed by atoms with Crippen LogP contribution < -0.4 is 10.1 Å². The Labute approximate surface area is 105 Å². The van der Waals surface area contributed by atoms with Gasteiger partial charge in [0, 0.05) is 0 Å². The van der Waals surface area contributed by atoms with Crippen molar-refractivity contribution in [3.63, 3.8) is 0 Å². The molecule has 0 saturated carbocycles. The Bertz CT molecular complexity index is 568. The molecule has 1 N–H and O–H groups in total. The molecule has 1 aromatic rings. The third kappa shape index (κ3) is 3.01. The number of allylic oxidation sites excluding steroid dienone is 2. The van der Waals surface area contributed by atoms with Crippen LogP contribution in [0.4, 0.5) is 5.69 Å². The quantitative estimate of drug-likeness (QED) is 0.812. The number of nitrogens with one attached hydrogen (secondary N) is 1. The normalized spacial score (nSPS) is 8.33. The van der Waals surface area contributed by atoms with Gasteiger partial charge in [0.25, 0.3) is 0 Å². The van der Waals surface area contributed by atoms with E-state index in [0.29, 0.717) is 18.0 Å². The summed E-state index contributed by atoms with van der Waals surface area (Å²) in [5, 5.41) is 29.1. The Hall–Kier alpha value is -2.97. The molecule has 0 aliphatic heterocycles. The molecule has 1 rings (SSSR count). The minimum Gasteiger partial charge on any atom is -0.492 e. The highest BCUT2D eigenvalue weighted by molar-refractivity contribution is 5.64. The van der Waals surface area contributed by atoms with Crippen molar-refractivity contribution in [1.29, 1.82) is 15.8 Å². The summed E-state index contributed by atoms with van der Waals surface area (Å²) >= 11 is 0. The average molecular weight is 238 g/mol. The summed E-state index contributed by atoms with van der Waals surface area (Å²) < 4.78 is 5.37. The maximum atomic E-state index is 8.93. The molecule has 0 spiro atoms. The first kappa shape index (κ1) is 13.1. The zero-order valence-corrected chi connectivity index (χ0v) is 9.77. The summed E-state index contributed by atoms with van der Waals surface area (Å²) in [4.78, 5) is 0. The number of hydrogen-bond donors (Lipinski definition) is 1. The number of ether oxygens (including phenoxy) is 1. The standard InChI is InChI=1S/C13H10N4O/c1-2-18-13-6-4-3-5-11(13)17-12(9-16)10(7-14)8-15/h3-6,17H,2H2,1H3. The SMILES string of the molecule is CCOc1ccccc1NC(C#N)=C(C#N)C#N. The lowest BCUT2D eigenvalue weighted by molar-refractivity contribution is 0.342. The van der Waals surface area contributed by atoms with Gasteiger partial charge in [-0.2, -0.15) is 15.8 Å². The van der Waals surface area contributed by atoms with E-state index in [1.54, 1.807) is 42.5 Å². The summed E-state index contributed by atoms with van der Waals surface area (Å²) in [6.07, 6.45) is 0. The van der Waals surface area contributed by atoms with Gasteiger partial charge in [0.2, 0.25) is 0 Å². The van der Waals surface area contributed by atoms with Gasteiger partial charge in [-0.1, -0.05) is 12.1 Å². The summed E-state index contributed by atoms with van der Waals surface area (Å²) in [5.41, 5.74) is 0.190. The molecule has 1 aromatic carbocycles. The molecule has 88 valence electrons. The smallest absolute Gasteiger partial charge is 0.163 e. The Morgan fingerprint density at radius 2 is 1.83 bits per heavy atom. The van der Waals surface area contributed by atoms with E-state index in [9.17, 15) is 0 Å². The van der Waals surface area contributed by atoms with Gasteiger partial charge >= 0.3 is 0 Å². The third-order valence-corrected chi connectivity index (χ3v) is 2.03. The van der Waals surface area contributed by atoms with E-state index < -0.39 is 0 Å². The van der Waals surface area contributed by atoms with Crippen molar-refractivity contribution >= 4 is 5.69 Å². The van der Waals surface area contributed by atoms with Gasteiger partial charge in [0.05, 0.1) is 12.3 Å². The highest BCUT2D eigenvalue weighted by atomic mass is 16.5. The molecule has 0 amide bonds. The molecule has 0 bridgehead atoms. The van der Waals surface area contributed by atoms with Gasteiger partial charge in [-0.05, 0) is 19.1 Å². The molecule has 0 aromatic heterocycles. The number of nitriles is 3. The molecule has 0 atom stereocenters. The molecule has 0 radical (unpaired) electrons. The van der Waals surface area contributed by atoms with Crippen molar-refractivity contribution in [2.75, 3.05) is 11.9 Å². The first-order chi connectivity index (χ1) is 8.76. The van der Waals surface area contributed by atoms with E-state index in [4.69, 9.17) is 20.5 Å². The lowest BCUT2D eigenvalue weighted by Crippen LogP contribution is -2.03. The number of benzene rings is 1. The van der Waals surface area contributed by atoms with Crippen LogP contribution in [0.1, 0.15) is 6.92 Å². The minimum absolute atomic E-state index is 0.0906. The largest absolute Gasteiger partial charge is 0.492 e. The van der Waals surface area contributed by atoms with Crippen molar-refractivity contribution in [2.24, 2.45) is 0 Å². The Morgan fingerprint density at radius 3 is 2.39 bits per heavy atom. The van der Waals surface area contributed by atoms with E-state index in [1.807, 2.05) is 6.92 Å². The van der Waals surface area contributed by atoms with Crippen LogP contribution in [0.5, 0.6) is 5.75 Å². The lowest BCUT2D eigenvalue weighted by Gasteiger charge is -2.10. The third-order valence-electron chi connectivity index (χ3n) is 2.03. The van der Waals surface area contributed by atoms with Crippen molar-refractivity contribution in [3.8, 4) is 24.0 Å². The van der Waals surface area contributed by atoms with Crippen LogP contribution in [0.15, 0.2) is 35.5 Å². The topological polar surface area (TPSA) is 92.6 Å². The molecular formula is C13H10N4O. The van der Waals surface area contributed by atoms with E-state index in [0.717, 1.165) is 0 Å². The predicted molar refractivity (Wildman–Crippen MR) is 65.1 cm³/mol. The van der Waals surface area contributed by atoms with E-state index in [-0.39, 0.29) is 11.3 Å². The molecule has 0 aliphatic rings. The second-order valence-electron chi connectivity index (χ2n) is 3.14. The van der Waals surface area contributed by atoms with E-state index in [2.05, 4.69) is 5.32 Å². The van der Waals surface area contributed by atoms with Crippen molar-refractivity contribution < 1.29 is 4.74 Å². The van der Waals surface area contributed by atoms with Gasteiger partial charge in [-0.15, -0.1) is 0 Å². The van der Waals surface area contributed by atoms with E-state index >= 15 is 0 Å². The number of anilines is 1. The van der Waals surface area contributed by atoms with Crippen molar-refractivity contribution in [2.45, 2.75) is 6.92 Å². The van der Waals surface area contributed by atoms with Crippen molar-refractivity contribution in [1.82, 2.24) is 0 Å². The van der Waals surface area contributed by atoms with Crippen LogP contribution >= 0.6 is 0 Å². The van der Waals surface area contributed by atoms with Crippen molar-refractivity contribution in [3.05, 3.63) is 35.5 Å². The molecule has 0 fully saturated rings. The fourth-order valence-corrected chi connectivity index (χ4v) is 1.27. The number of rotatable bonds is 4. The molecule has 0 saturated heterocycles. The van der Waals surface area contributed by atoms with Crippen LogP contribution in [0.25, 0.3) is 0 Å². The number of nitrogens with zero attached hydrogens (tertiary/aromatic N) is 3. The maximum absolute atomic E-state index is 8.93. The second kappa shape index (κ2) is 6.58. The second-order valence-corrected chi connectivity index (χ2v) is 3.14. The average Bonchev–Trinajstić information content (AvgIpc) is 2.41. The van der Waals surface area contributed by atoms with Gasteiger partial charge in [0.1, 0.15) is 29.7 Å². The Kier molecular flexibility index (Phi) is 4.79. The monoisotopic (exact) mass is 238 g/mol. The first-order valence-corrected chi connectivity index (χ1v) is 5.20. The first-order valence-electron chi connectivity index (χ1n) is 5.20. The zero-order chi connectivity index (χ0) is 13.4. The summed E-state index contributed by atoms with van der Waals surface area (Å²) in [5.74, 6) is 0.558. The van der Waals surface area contributed by atoms with Crippen LogP contribution in [-0.2, 0) is 0 Å². The van der Waals surface area contributed by atoms with Crippen LogP contribution in [-0.4, -0.2) is 6.61 Å². The highest BCUT2D eigenvalue weighted by Crippen LogP contribution is 2.25. The zero-order valence-electron chi connectivity index (χ0n) is 9.77.